The number of carbonyl (C=O) groups is 4. The second-order valence-corrected chi connectivity index (χ2v) is 22.5. The Hall–Kier alpha value is -9.06. The molecule has 0 spiro atoms. The molecule has 9 aromatic rings. The van der Waals surface area contributed by atoms with Crippen LogP contribution in [-0.4, -0.2) is 62.3 Å². The summed E-state index contributed by atoms with van der Waals surface area (Å²) in [6, 6.07) is 47.8. The Kier molecular flexibility index (Phi) is 16.6. The summed E-state index contributed by atoms with van der Waals surface area (Å²) in [5.74, 6) is -2.01. The van der Waals surface area contributed by atoms with Gasteiger partial charge in [-0.1, -0.05) is 177 Å². The van der Waals surface area contributed by atoms with E-state index in [-0.39, 0.29) is 65.4 Å². The minimum atomic E-state index is -0.730. The summed E-state index contributed by atoms with van der Waals surface area (Å²) in [6.45, 7) is 17.1. The maximum atomic E-state index is 14.0. The van der Waals surface area contributed by atoms with Gasteiger partial charge in [0.15, 0.2) is 0 Å². The van der Waals surface area contributed by atoms with Gasteiger partial charge in [0.1, 0.15) is 0 Å². The van der Waals surface area contributed by atoms with Crippen molar-refractivity contribution in [2.24, 2.45) is 0 Å². The van der Waals surface area contributed by atoms with E-state index in [0.29, 0.717) is 89.4 Å². The van der Waals surface area contributed by atoms with Gasteiger partial charge in [-0.05, 0) is 115 Å². The van der Waals surface area contributed by atoms with Gasteiger partial charge in [-0.2, -0.15) is 0 Å². The zero-order valence-corrected chi connectivity index (χ0v) is 52.9. The standard InChI is InChI=1S/C72H66N4O8.Zn/c1-37(2)41-13-21-45(22-14-41)61-57-29-30-58(73-57)62(46-23-15-42(16-24-46)38(3)4)67-51-35-55(71(79)83-11)56(72(80)84-12)36-52(51)68(76-67)64(48-27-19-44(20-28-48)40(7)8)60-32-31-59(74-60)63(47-25-17-43(18-26-47)39(5)6)66-50-34-54(70(78)82-10)53(69(77)81-9)33-49(50)65(61)75-66;/h13-40H,1-12H3,(H2,73,74,75,76,77,78,79,80);/q;+2/p-2. The molecule has 2 aliphatic heterocycles. The fourth-order valence-electron chi connectivity index (χ4n) is 11.4. The fourth-order valence-corrected chi connectivity index (χ4v) is 11.4. The first-order chi connectivity index (χ1) is 40.4. The average molecular weight is 1180 g/mol. The van der Waals surface area contributed by atoms with Gasteiger partial charge in [0.2, 0.25) is 0 Å². The van der Waals surface area contributed by atoms with Gasteiger partial charge >= 0.3 is 43.4 Å². The topological polar surface area (TPSA) is 159 Å². The number of ether oxygens (including phenoxy) is 4. The number of rotatable bonds is 12. The molecule has 2 aliphatic rings. The van der Waals surface area contributed by atoms with Gasteiger partial charge in [0.05, 0.1) is 73.5 Å². The van der Waals surface area contributed by atoms with E-state index in [1.54, 1.807) is 24.3 Å². The maximum absolute atomic E-state index is 14.0. The summed E-state index contributed by atoms with van der Waals surface area (Å²) < 4.78 is 21.5. The van der Waals surface area contributed by atoms with Gasteiger partial charge in [-0.15, -0.1) is 22.1 Å². The fraction of sp³-hybridized carbons (Fsp3) is 0.222. The van der Waals surface area contributed by atoms with E-state index in [4.69, 9.17) is 38.9 Å². The molecule has 0 unspecified atom stereocenters. The van der Waals surface area contributed by atoms with Crippen LogP contribution in [0.15, 0.2) is 146 Å². The Morgan fingerprint density at radius 2 is 0.506 bits per heavy atom. The molecule has 0 saturated carbocycles. The number of hydrogen-bond donors (Lipinski definition) is 0. The molecular formula is C72H64N4O8Zn. The Balaban J connectivity index is 0.00000803. The minimum absolute atomic E-state index is 0. The molecule has 0 saturated heterocycles. The molecule has 0 aliphatic carbocycles. The molecule has 422 valence electrons. The van der Waals surface area contributed by atoms with Crippen LogP contribution in [0.4, 0.5) is 0 Å². The van der Waals surface area contributed by atoms with Crippen molar-refractivity contribution in [3.8, 4) is 89.5 Å². The Morgan fingerprint density at radius 3 is 0.671 bits per heavy atom. The second-order valence-electron chi connectivity index (χ2n) is 22.5. The van der Waals surface area contributed by atoms with Gasteiger partial charge in [-0.3, -0.25) is 0 Å². The van der Waals surface area contributed by atoms with Crippen LogP contribution in [0.5, 0.6) is 0 Å². The van der Waals surface area contributed by atoms with Gasteiger partial charge in [0.25, 0.3) is 0 Å². The van der Waals surface area contributed by atoms with E-state index in [1.807, 2.05) is 24.3 Å². The third-order valence-corrected chi connectivity index (χ3v) is 16.1. The minimum Gasteiger partial charge on any atom is -0.657 e. The van der Waals surface area contributed by atoms with Crippen LogP contribution < -0.4 is 9.97 Å². The maximum Gasteiger partial charge on any atom is 2.00 e. The number of carbonyl (C=O) groups excluding carboxylic acids is 4. The molecule has 85 heavy (non-hydrogen) atoms. The number of methoxy groups -OCH3 is 4. The van der Waals surface area contributed by atoms with Crippen molar-refractivity contribution in [3.63, 3.8) is 0 Å². The van der Waals surface area contributed by atoms with Crippen molar-refractivity contribution in [2.75, 3.05) is 28.4 Å². The summed E-state index contributed by atoms with van der Waals surface area (Å²) in [4.78, 5) is 78.6. The Labute approximate surface area is 507 Å². The first-order valence-corrected chi connectivity index (χ1v) is 28.2. The third kappa shape index (κ3) is 10.7. The van der Waals surface area contributed by atoms with Crippen LogP contribution in [0.2, 0.25) is 0 Å². The molecule has 0 atom stereocenters. The molecule has 0 fully saturated rings. The molecule has 3 aromatic heterocycles. The van der Waals surface area contributed by atoms with E-state index in [0.717, 1.165) is 44.5 Å². The van der Waals surface area contributed by atoms with Gasteiger partial charge < -0.3 is 28.9 Å². The first kappa shape index (κ1) is 59.1. The number of aromatic nitrogens is 4. The largest absolute Gasteiger partial charge is 2.00 e. The summed E-state index contributed by atoms with van der Waals surface area (Å²) >= 11 is 0. The van der Waals surface area contributed by atoms with Crippen molar-refractivity contribution >= 4 is 45.9 Å². The van der Waals surface area contributed by atoms with Crippen molar-refractivity contribution in [3.05, 3.63) is 190 Å². The van der Waals surface area contributed by atoms with Crippen molar-refractivity contribution in [2.45, 2.75) is 79.1 Å². The zero-order chi connectivity index (χ0) is 59.4. The van der Waals surface area contributed by atoms with E-state index < -0.39 is 23.9 Å². The molecule has 11 rings (SSSR count). The van der Waals surface area contributed by atoms with Gasteiger partial charge in [0, 0.05) is 22.3 Å². The van der Waals surface area contributed by atoms with Crippen molar-refractivity contribution in [1.29, 1.82) is 0 Å². The van der Waals surface area contributed by atoms with Crippen molar-refractivity contribution in [1.82, 2.24) is 19.9 Å². The Bertz CT molecular complexity index is 3760. The monoisotopic (exact) mass is 1180 g/mol. The predicted octanol–water partition coefficient (Wildman–Crippen LogP) is 16.5. The quantitative estimate of drug-likeness (QED) is 0.0648. The summed E-state index contributed by atoms with van der Waals surface area (Å²) in [5.41, 5.74) is 16.5. The number of hydrogen-bond acceptors (Lipinski definition) is 10. The smallest absolute Gasteiger partial charge is 0.657 e. The van der Waals surface area contributed by atoms with Crippen LogP contribution in [0.3, 0.4) is 0 Å². The number of benzene rings is 6. The molecule has 6 aromatic carbocycles. The van der Waals surface area contributed by atoms with Gasteiger partial charge in [-0.25, -0.2) is 29.1 Å². The second kappa shape index (κ2) is 23.9. The SMILES string of the molecule is COC(=O)c1cc2c(cc1C(=O)OC)-c1nc-2c(-c2ccc(C(C)C)cc2)c2ccc([n-]2)c(-c2ccc(C(C)C)cc2)c2nc(c(-c3ccc(C(C)C)cc3)c3ccc([n-]3)c1-c1ccc(C(C)C)cc1)-c1cc(C(=O)OC)c(C(=O)OC)cc1-2.[Zn+2]. The van der Waals surface area contributed by atoms with Crippen molar-refractivity contribution < 1.29 is 57.6 Å². The number of nitrogens with zero attached hydrogens (tertiary/aromatic N) is 4. The molecule has 0 radical (unpaired) electrons. The van der Waals surface area contributed by atoms with Crippen LogP contribution in [0.25, 0.3) is 112 Å². The Morgan fingerprint density at radius 1 is 0.318 bits per heavy atom. The molecule has 13 heteroatoms. The summed E-state index contributed by atoms with van der Waals surface area (Å²) in [7, 11) is 5.11. The predicted molar refractivity (Wildman–Crippen MR) is 331 cm³/mol. The van der Waals surface area contributed by atoms with Crippen LogP contribution in [0.1, 0.15) is 143 Å². The van der Waals surface area contributed by atoms with Crippen LogP contribution in [0, 0.1) is 0 Å². The van der Waals surface area contributed by atoms with E-state index >= 15 is 0 Å². The third-order valence-electron chi connectivity index (χ3n) is 16.1. The van der Waals surface area contributed by atoms with E-state index in [9.17, 15) is 19.2 Å². The molecular weight excluding hydrogens is 1110 g/mol. The van der Waals surface area contributed by atoms with E-state index in [1.165, 1.54) is 28.4 Å². The first-order valence-electron chi connectivity index (χ1n) is 28.2. The molecule has 5 heterocycles. The molecule has 0 N–H and O–H groups in total. The summed E-state index contributed by atoms with van der Waals surface area (Å²) in [6.07, 6.45) is 0. The van der Waals surface area contributed by atoms with E-state index in [2.05, 4.69) is 152 Å². The zero-order valence-electron chi connectivity index (χ0n) is 49.9. The number of fused-ring (bicyclic) bond motifs is 14. The molecule has 8 bridgehead atoms. The molecule has 0 amide bonds. The summed E-state index contributed by atoms with van der Waals surface area (Å²) in [5, 5.41) is 0. The normalized spacial score (nSPS) is 11.6. The average Bonchev–Trinajstić information content (AvgIpc) is 1.82. The van der Waals surface area contributed by atoms with Crippen LogP contribution in [-0.2, 0) is 38.4 Å². The molecule has 12 nitrogen and oxygen atoms in total. The van der Waals surface area contributed by atoms with Crippen LogP contribution >= 0.6 is 0 Å². The number of esters is 4.